The van der Waals surface area contributed by atoms with Crippen LogP contribution in [0.5, 0.6) is 0 Å². The lowest BCUT2D eigenvalue weighted by Crippen LogP contribution is -2.23. The van der Waals surface area contributed by atoms with Crippen LogP contribution in [0.3, 0.4) is 0 Å². The van der Waals surface area contributed by atoms with Crippen LogP contribution in [0.25, 0.3) is 0 Å². The van der Waals surface area contributed by atoms with Crippen molar-refractivity contribution in [3.05, 3.63) is 57.5 Å². The summed E-state index contributed by atoms with van der Waals surface area (Å²) in [6.07, 6.45) is 0. The zero-order valence-electron chi connectivity index (χ0n) is 12.4. The Morgan fingerprint density at radius 3 is 1.84 bits per heavy atom. The summed E-state index contributed by atoms with van der Waals surface area (Å²) >= 11 is 6.30. The third-order valence-electron chi connectivity index (χ3n) is 2.53. The molecular weight excluding hydrogens is 520 g/mol. The third kappa shape index (κ3) is 7.85. The van der Waals surface area contributed by atoms with Crippen LogP contribution in [-0.4, -0.2) is 23.4 Å². The molecule has 11 heteroatoms. The van der Waals surface area contributed by atoms with Gasteiger partial charge in [-0.3, -0.25) is 0 Å². The zero-order valence-corrected chi connectivity index (χ0v) is 17.9. The van der Waals surface area contributed by atoms with E-state index in [9.17, 15) is 16.8 Å². The molecule has 0 saturated heterocycles. The number of hydrogen-bond donors (Lipinski definition) is 1. The summed E-state index contributed by atoms with van der Waals surface area (Å²) in [5.41, 5.74) is 0. The summed E-state index contributed by atoms with van der Waals surface area (Å²) in [4.78, 5) is 0.246. The maximum Gasteiger partial charge on any atom is 0.261 e. The SMILES string of the molecule is N#CCNS(=O)(=O)c1cccc(Br)c1.O=S(=O)(Cl)c1cccc(Br)c1. The first-order chi connectivity index (χ1) is 11.6. The van der Waals surface area contributed by atoms with Crippen LogP contribution < -0.4 is 4.72 Å². The number of nitrogens with one attached hydrogen (secondary N) is 1. The van der Waals surface area contributed by atoms with E-state index >= 15 is 0 Å². The fraction of sp³-hybridized carbons (Fsp3) is 0.0714. The average molecular weight is 531 g/mol. The van der Waals surface area contributed by atoms with Crippen LogP contribution in [0.15, 0.2) is 67.3 Å². The van der Waals surface area contributed by atoms with Crippen LogP contribution in [0.1, 0.15) is 0 Å². The zero-order chi connectivity index (χ0) is 19.1. The second-order valence-electron chi connectivity index (χ2n) is 4.34. The fourth-order valence-electron chi connectivity index (χ4n) is 1.46. The molecule has 6 nitrogen and oxygen atoms in total. The molecule has 0 radical (unpaired) electrons. The van der Waals surface area contributed by atoms with E-state index in [-0.39, 0.29) is 16.3 Å². The van der Waals surface area contributed by atoms with E-state index in [1.54, 1.807) is 30.3 Å². The van der Waals surface area contributed by atoms with Gasteiger partial charge in [-0.2, -0.15) is 9.98 Å². The smallest absolute Gasteiger partial charge is 0.207 e. The molecule has 1 N–H and O–H groups in total. The van der Waals surface area contributed by atoms with E-state index in [1.807, 2.05) is 0 Å². The minimum atomic E-state index is -3.58. The summed E-state index contributed by atoms with van der Waals surface area (Å²) in [7, 11) is -2.05. The molecule has 0 atom stereocenters. The molecule has 25 heavy (non-hydrogen) atoms. The summed E-state index contributed by atoms with van der Waals surface area (Å²) in [6, 6.07) is 14.2. The van der Waals surface area contributed by atoms with Gasteiger partial charge in [0, 0.05) is 19.6 Å². The van der Waals surface area contributed by atoms with E-state index in [0.29, 0.717) is 8.95 Å². The van der Waals surface area contributed by atoms with Gasteiger partial charge >= 0.3 is 0 Å². The minimum Gasteiger partial charge on any atom is -0.207 e. The predicted octanol–water partition coefficient (Wildman–Crippen LogP) is 3.63. The first-order valence-electron chi connectivity index (χ1n) is 6.38. The molecule has 0 heterocycles. The van der Waals surface area contributed by atoms with Crippen LogP contribution in [0.2, 0.25) is 0 Å². The molecule has 134 valence electrons. The van der Waals surface area contributed by atoms with E-state index < -0.39 is 19.1 Å². The Morgan fingerprint density at radius 2 is 1.44 bits per heavy atom. The van der Waals surface area contributed by atoms with Crippen molar-refractivity contribution in [2.24, 2.45) is 0 Å². The highest BCUT2D eigenvalue weighted by Gasteiger charge is 2.12. The van der Waals surface area contributed by atoms with Gasteiger partial charge in [-0.15, -0.1) is 0 Å². The van der Waals surface area contributed by atoms with Crippen molar-refractivity contribution in [2.45, 2.75) is 9.79 Å². The van der Waals surface area contributed by atoms with E-state index in [1.165, 1.54) is 24.3 Å². The standard InChI is InChI=1S/C8H7BrN2O2S.C6H4BrClO2S/c9-7-2-1-3-8(6-7)14(12,13)11-5-4-10;7-5-2-1-3-6(4-5)11(8,9)10/h1-3,6,11H,5H2;1-4H. The Hall–Kier alpha value is -0.960. The highest BCUT2D eigenvalue weighted by atomic mass is 79.9. The van der Waals surface area contributed by atoms with Crippen molar-refractivity contribution in [1.29, 1.82) is 5.26 Å². The van der Waals surface area contributed by atoms with Crippen molar-refractivity contribution < 1.29 is 16.8 Å². The first-order valence-corrected chi connectivity index (χ1v) is 11.8. The normalized spacial score (nSPS) is 11.1. The maximum atomic E-state index is 11.5. The molecule has 2 aromatic rings. The number of nitrogens with zero attached hydrogens (tertiary/aromatic N) is 1. The molecule has 0 bridgehead atoms. The van der Waals surface area contributed by atoms with Crippen LogP contribution in [-0.2, 0) is 19.1 Å². The summed E-state index contributed by atoms with van der Waals surface area (Å²) in [5, 5.41) is 8.24. The van der Waals surface area contributed by atoms with Crippen molar-refractivity contribution >= 4 is 61.6 Å². The van der Waals surface area contributed by atoms with Crippen molar-refractivity contribution in [3.63, 3.8) is 0 Å². The second kappa shape index (κ2) is 9.66. The molecule has 0 aliphatic carbocycles. The molecule has 0 aliphatic rings. The molecule has 0 unspecified atom stereocenters. The average Bonchev–Trinajstić information content (AvgIpc) is 2.53. The number of sulfonamides is 1. The van der Waals surface area contributed by atoms with Gasteiger partial charge in [0.1, 0.15) is 0 Å². The predicted molar refractivity (Wildman–Crippen MR) is 102 cm³/mol. The van der Waals surface area contributed by atoms with E-state index in [2.05, 4.69) is 36.6 Å². The molecule has 0 fully saturated rings. The van der Waals surface area contributed by atoms with Gasteiger partial charge in [-0.25, -0.2) is 16.8 Å². The van der Waals surface area contributed by atoms with E-state index in [4.69, 9.17) is 15.9 Å². The monoisotopic (exact) mass is 528 g/mol. The van der Waals surface area contributed by atoms with Gasteiger partial charge < -0.3 is 0 Å². The van der Waals surface area contributed by atoms with Crippen LogP contribution in [0.4, 0.5) is 0 Å². The molecule has 0 aliphatic heterocycles. The Kier molecular flexibility index (Phi) is 8.53. The highest BCUT2D eigenvalue weighted by Crippen LogP contribution is 2.19. The van der Waals surface area contributed by atoms with Gasteiger partial charge in [0.15, 0.2) is 0 Å². The summed E-state index contributed by atoms with van der Waals surface area (Å²) in [6.45, 7) is -0.227. The Bertz CT molecular complexity index is 990. The van der Waals surface area contributed by atoms with Gasteiger partial charge in [0.2, 0.25) is 10.0 Å². The third-order valence-corrected chi connectivity index (χ3v) is 6.26. The largest absolute Gasteiger partial charge is 0.261 e. The number of rotatable bonds is 4. The van der Waals surface area contributed by atoms with Crippen molar-refractivity contribution in [1.82, 2.24) is 4.72 Å². The topological polar surface area (TPSA) is 104 Å². The number of hydrogen-bond acceptors (Lipinski definition) is 5. The highest BCUT2D eigenvalue weighted by molar-refractivity contribution is 9.10. The maximum absolute atomic E-state index is 11.5. The fourth-order valence-corrected chi connectivity index (χ4v) is 4.32. The molecule has 0 spiro atoms. The van der Waals surface area contributed by atoms with Crippen LogP contribution in [0, 0.1) is 11.3 Å². The summed E-state index contributed by atoms with van der Waals surface area (Å²) < 4.78 is 47.9. The molecule has 0 saturated carbocycles. The molecule has 2 rings (SSSR count). The Balaban J connectivity index is 0.000000257. The van der Waals surface area contributed by atoms with Gasteiger partial charge in [-0.05, 0) is 36.4 Å². The lowest BCUT2D eigenvalue weighted by atomic mass is 10.4. The second-order valence-corrected chi connectivity index (χ2v) is 10.5. The number of halogens is 3. The van der Waals surface area contributed by atoms with Gasteiger partial charge in [0.25, 0.3) is 9.05 Å². The Morgan fingerprint density at radius 1 is 0.960 bits per heavy atom. The summed E-state index contributed by atoms with van der Waals surface area (Å²) in [5.74, 6) is 0. The quantitative estimate of drug-likeness (QED) is 0.480. The molecular formula is C14H11Br2ClN2O4S2. The van der Waals surface area contributed by atoms with Crippen molar-refractivity contribution in [2.75, 3.05) is 6.54 Å². The number of nitriles is 1. The lowest BCUT2D eigenvalue weighted by molar-refractivity contribution is 0.585. The van der Waals surface area contributed by atoms with Gasteiger partial charge in [-0.1, -0.05) is 44.0 Å². The lowest BCUT2D eigenvalue weighted by Gasteiger charge is -2.02. The number of benzene rings is 2. The molecule has 2 aromatic carbocycles. The first kappa shape index (κ1) is 22.1. The molecule has 0 amide bonds. The minimum absolute atomic E-state index is 0.105. The Labute approximate surface area is 167 Å². The van der Waals surface area contributed by atoms with Crippen molar-refractivity contribution in [3.8, 4) is 6.07 Å². The van der Waals surface area contributed by atoms with E-state index in [0.717, 1.165) is 0 Å². The van der Waals surface area contributed by atoms with Gasteiger partial charge in [0.05, 0.1) is 22.4 Å². The molecule has 0 aromatic heterocycles. The van der Waals surface area contributed by atoms with Crippen LogP contribution >= 0.6 is 42.5 Å².